The molecule has 0 aliphatic heterocycles. The van der Waals surface area contributed by atoms with Crippen molar-refractivity contribution in [2.24, 2.45) is 11.1 Å². The van der Waals surface area contributed by atoms with Gasteiger partial charge in [0, 0.05) is 29.5 Å². The van der Waals surface area contributed by atoms with Crippen LogP contribution in [0.1, 0.15) is 17.0 Å². The molecule has 4 nitrogen and oxygen atoms in total. The Bertz CT molecular complexity index is 849. The van der Waals surface area contributed by atoms with Crippen LogP contribution in [-0.4, -0.2) is 33.9 Å². The summed E-state index contributed by atoms with van der Waals surface area (Å²) in [4.78, 5) is 0.344. The summed E-state index contributed by atoms with van der Waals surface area (Å²) in [6.45, 7) is 2.52. The molecule has 0 amide bonds. The van der Waals surface area contributed by atoms with E-state index in [9.17, 15) is 8.42 Å². The van der Waals surface area contributed by atoms with Crippen LogP contribution >= 0.6 is 15.9 Å². The third-order valence-corrected chi connectivity index (χ3v) is 7.95. The largest absolute Gasteiger partial charge is 0.384 e. The minimum absolute atomic E-state index is 0.170. The van der Waals surface area contributed by atoms with Gasteiger partial charge in [-0.3, -0.25) is 0 Å². The molecule has 1 aliphatic carbocycles. The van der Waals surface area contributed by atoms with Crippen molar-refractivity contribution in [3.8, 4) is 0 Å². The molecule has 0 heterocycles. The Labute approximate surface area is 157 Å². The van der Waals surface area contributed by atoms with Crippen LogP contribution in [0.25, 0.3) is 0 Å². The second-order valence-electron chi connectivity index (χ2n) is 6.68. The molecule has 0 unspecified atom stereocenters. The highest BCUT2D eigenvalue weighted by Crippen LogP contribution is 2.63. The highest BCUT2D eigenvalue weighted by molar-refractivity contribution is 9.10. The third-order valence-electron chi connectivity index (χ3n) is 5.09. The second-order valence-corrected chi connectivity index (χ2v) is 9.66. The molecule has 1 fully saturated rings. The van der Waals surface area contributed by atoms with Crippen molar-refractivity contribution in [3.05, 3.63) is 64.1 Å². The predicted octanol–water partition coefficient (Wildman–Crippen LogP) is 3.29. The lowest BCUT2D eigenvalue weighted by Gasteiger charge is -2.15. The summed E-state index contributed by atoms with van der Waals surface area (Å²) < 4.78 is 32.9. The van der Waals surface area contributed by atoms with Gasteiger partial charge in [-0.05, 0) is 36.8 Å². The van der Waals surface area contributed by atoms with Crippen LogP contribution in [0.3, 0.4) is 0 Å². The zero-order chi connectivity index (χ0) is 18.2. The molecule has 3 rings (SSSR count). The summed E-state index contributed by atoms with van der Waals surface area (Å²) in [5, 5.41) is -0.575. The van der Waals surface area contributed by atoms with E-state index in [2.05, 4.69) is 15.9 Å². The van der Waals surface area contributed by atoms with E-state index in [1.165, 1.54) is 0 Å². The van der Waals surface area contributed by atoms with Gasteiger partial charge in [-0.25, -0.2) is 8.42 Å². The molecule has 0 spiro atoms. The molecular weight excluding hydrogens is 402 g/mol. The predicted molar refractivity (Wildman–Crippen MR) is 102 cm³/mol. The van der Waals surface area contributed by atoms with E-state index in [4.69, 9.17) is 10.5 Å². The first-order valence-electron chi connectivity index (χ1n) is 8.12. The Morgan fingerprint density at radius 2 is 1.72 bits per heavy atom. The zero-order valence-electron chi connectivity index (χ0n) is 14.3. The smallest absolute Gasteiger partial charge is 0.182 e. The first-order chi connectivity index (χ1) is 11.9. The maximum absolute atomic E-state index is 13.3. The lowest BCUT2D eigenvalue weighted by Crippen LogP contribution is -2.28. The van der Waals surface area contributed by atoms with Gasteiger partial charge >= 0.3 is 0 Å². The lowest BCUT2D eigenvalue weighted by atomic mass is 10.0. The summed E-state index contributed by atoms with van der Waals surface area (Å²) >= 11 is 3.42. The molecule has 2 aromatic carbocycles. The van der Waals surface area contributed by atoms with Gasteiger partial charge in [-0.1, -0.05) is 45.8 Å². The molecule has 1 aliphatic rings. The van der Waals surface area contributed by atoms with E-state index >= 15 is 0 Å². The molecule has 0 radical (unpaired) electrons. The number of aryl methyl sites for hydroxylation is 1. The van der Waals surface area contributed by atoms with E-state index in [0.717, 1.165) is 15.6 Å². The third kappa shape index (κ3) is 3.16. The standard InChI is InChI=1S/C19H22BrNO3S/c1-13-3-9-16(10-4-13)25(22,23)18-17(19(18,11-21)12-24-2)14-5-7-15(20)8-6-14/h3-10,17-18H,11-12,21H2,1-2H3/t17-,18-,19+/m0/s1. The molecule has 1 saturated carbocycles. The van der Waals surface area contributed by atoms with Gasteiger partial charge in [0.1, 0.15) is 0 Å². The highest BCUT2D eigenvalue weighted by Gasteiger charge is 2.70. The van der Waals surface area contributed by atoms with Crippen molar-refractivity contribution in [2.45, 2.75) is 23.0 Å². The topological polar surface area (TPSA) is 69.4 Å². The number of sulfone groups is 1. The van der Waals surface area contributed by atoms with E-state index in [1.807, 2.05) is 43.3 Å². The van der Waals surface area contributed by atoms with Gasteiger partial charge in [0.15, 0.2) is 9.84 Å². The van der Waals surface area contributed by atoms with Gasteiger partial charge in [0.05, 0.1) is 16.8 Å². The fraction of sp³-hybridized carbons (Fsp3) is 0.368. The summed E-state index contributed by atoms with van der Waals surface area (Å²) in [6.07, 6.45) is 0. The number of ether oxygens (including phenoxy) is 1. The van der Waals surface area contributed by atoms with Crippen molar-refractivity contribution in [1.82, 2.24) is 0 Å². The number of benzene rings is 2. The fourth-order valence-corrected chi connectivity index (χ4v) is 6.45. The quantitative estimate of drug-likeness (QED) is 0.773. The number of rotatable bonds is 6. The minimum atomic E-state index is -3.50. The monoisotopic (exact) mass is 423 g/mol. The van der Waals surface area contributed by atoms with Crippen LogP contribution in [-0.2, 0) is 14.6 Å². The van der Waals surface area contributed by atoms with Crippen LogP contribution in [0.15, 0.2) is 57.9 Å². The first-order valence-corrected chi connectivity index (χ1v) is 10.5. The van der Waals surface area contributed by atoms with Gasteiger partial charge < -0.3 is 10.5 Å². The molecule has 0 bridgehead atoms. The van der Waals surface area contributed by atoms with E-state index in [-0.39, 0.29) is 12.5 Å². The zero-order valence-corrected chi connectivity index (χ0v) is 16.7. The Kier molecular flexibility index (Phi) is 5.08. The lowest BCUT2D eigenvalue weighted by molar-refractivity contribution is 0.142. The molecule has 0 aromatic heterocycles. The Balaban J connectivity index is 2.05. The number of hydrogen-bond acceptors (Lipinski definition) is 4. The fourth-order valence-electron chi connectivity index (χ4n) is 3.74. The summed E-state index contributed by atoms with van der Waals surface area (Å²) in [5.41, 5.74) is 7.46. The van der Waals surface area contributed by atoms with E-state index < -0.39 is 20.5 Å². The number of nitrogens with two attached hydrogens (primary N) is 1. The van der Waals surface area contributed by atoms with E-state index in [1.54, 1.807) is 19.2 Å². The average Bonchev–Trinajstić information content (AvgIpc) is 3.26. The van der Waals surface area contributed by atoms with Crippen LogP contribution in [0.5, 0.6) is 0 Å². The van der Waals surface area contributed by atoms with Gasteiger partial charge in [-0.15, -0.1) is 0 Å². The average molecular weight is 424 g/mol. The molecule has 6 heteroatoms. The SMILES string of the molecule is COC[C@]1(CN)[C@@H](c2ccc(Br)cc2)[C@@H]1S(=O)(=O)c1ccc(C)cc1. The summed E-state index contributed by atoms with van der Waals surface area (Å²) in [6, 6.07) is 14.8. The highest BCUT2D eigenvalue weighted by atomic mass is 79.9. The van der Waals surface area contributed by atoms with Crippen molar-refractivity contribution < 1.29 is 13.2 Å². The van der Waals surface area contributed by atoms with Crippen LogP contribution in [0, 0.1) is 12.3 Å². The summed E-state index contributed by atoms with van der Waals surface area (Å²) in [5.74, 6) is -0.170. The van der Waals surface area contributed by atoms with Crippen LogP contribution in [0.4, 0.5) is 0 Å². The van der Waals surface area contributed by atoms with Crippen molar-refractivity contribution in [3.63, 3.8) is 0 Å². The normalized spacial score (nSPS) is 25.8. The second kappa shape index (κ2) is 6.83. The van der Waals surface area contributed by atoms with Crippen molar-refractivity contribution in [1.29, 1.82) is 0 Å². The van der Waals surface area contributed by atoms with Crippen LogP contribution < -0.4 is 5.73 Å². The minimum Gasteiger partial charge on any atom is -0.384 e. The van der Waals surface area contributed by atoms with Gasteiger partial charge in [0.25, 0.3) is 0 Å². The maximum Gasteiger partial charge on any atom is 0.182 e. The molecule has 0 saturated heterocycles. The Morgan fingerprint density at radius 1 is 1.12 bits per heavy atom. The molecule has 134 valence electrons. The molecular formula is C19H22BrNO3S. The van der Waals surface area contributed by atoms with Crippen molar-refractivity contribution in [2.75, 3.05) is 20.3 Å². The molecule has 2 N–H and O–H groups in total. The van der Waals surface area contributed by atoms with Gasteiger partial charge in [-0.2, -0.15) is 0 Å². The number of halogens is 1. The summed E-state index contributed by atoms with van der Waals surface area (Å²) in [7, 11) is -1.92. The van der Waals surface area contributed by atoms with Crippen molar-refractivity contribution >= 4 is 25.8 Å². The Morgan fingerprint density at radius 3 is 2.24 bits per heavy atom. The maximum atomic E-state index is 13.3. The van der Waals surface area contributed by atoms with Gasteiger partial charge in [0.2, 0.25) is 0 Å². The molecule has 2 aromatic rings. The Hall–Kier alpha value is -1.21. The number of hydrogen-bond donors (Lipinski definition) is 1. The first kappa shape index (κ1) is 18.6. The molecule has 25 heavy (non-hydrogen) atoms. The molecule has 3 atom stereocenters. The van der Waals surface area contributed by atoms with Crippen LogP contribution in [0.2, 0.25) is 0 Å². The number of methoxy groups -OCH3 is 1. The van der Waals surface area contributed by atoms with E-state index in [0.29, 0.717) is 11.5 Å².